The van der Waals surface area contributed by atoms with Gasteiger partial charge in [0.15, 0.2) is 0 Å². The number of aliphatic hydroxyl groups is 1. The van der Waals surface area contributed by atoms with Gasteiger partial charge in [0.25, 0.3) is 0 Å². The normalized spacial score (nSPS) is 51.2. The van der Waals surface area contributed by atoms with E-state index in [0.29, 0.717) is 36.2 Å². The third-order valence-electron chi connectivity index (χ3n) is 13.8. The standard InChI is InChI=1S/C33H52O3/c1-9-20-36-28(35)33-17-12-22(21(2)3)27(33)23-10-11-25-30(6)15-14-26(34)29(4,5)24(30)13-16-32(25,8)31(23,7)18-19-33/h9,22-27,34H,1-2,10-20H2,3-8H3. The highest BCUT2D eigenvalue weighted by Crippen LogP contribution is 2.77. The first-order chi connectivity index (χ1) is 16.8. The zero-order chi connectivity index (χ0) is 26.3. The molecule has 1 N–H and O–H groups in total. The summed E-state index contributed by atoms with van der Waals surface area (Å²) >= 11 is 0. The Labute approximate surface area is 220 Å². The molecule has 10 unspecified atom stereocenters. The van der Waals surface area contributed by atoms with Gasteiger partial charge in [0.1, 0.15) is 6.61 Å². The lowest BCUT2D eigenvalue weighted by molar-refractivity contribution is -0.248. The molecule has 0 bridgehead atoms. The Balaban J connectivity index is 1.54. The van der Waals surface area contributed by atoms with Crippen molar-refractivity contribution in [3.63, 3.8) is 0 Å². The van der Waals surface area contributed by atoms with Crippen LogP contribution < -0.4 is 0 Å². The molecule has 0 aromatic carbocycles. The van der Waals surface area contributed by atoms with E-state index in [9.17, 15) is 9.90 Å². The second kappa shape index (κ2) is 8.45. The van der Waals surface area contributed by atoms with E-state index < -0.39 is 0 Å². The summed E-state index contributed by atoms with van der Waals surface area (Å²) in [6.07, 6.45) is 12.7. The van der Waals surface area contributed by atoms with Gasteiger partial charge in [-0.2, -0.15) is 0 Å². The number of hydrogen-bond acceptors (Lipinski definition) is 3. The average Bonchev–Trinajstić information content (AvgIpc) is 3.22. The first-order valence-corrected chi connectivity index (χ1v) is 14.9. The molecule has 5 saturated carbocycles. The number of aliphatic hydroxyl groups excluding tert-OH is 1. The predicted molar refractivity (Wildman–Crippen MR) is 146 cm³/mol. The molecule has 5 rings (SSSR count). The van der Waals surface area contributed by atoms with Crippen molar-refractivity contribution in [3.05, 3.63) is 24.8 Å². The Morgan fingerprint density at radius 1 is 0.917 bits per heavy atom. The number of esters is 1. The third kappa shape index (κ3) is 3.23. The summed E-state index contributed by atoms with van der Waals surface area (Å²) in [5.74, 6) is 2.60. The molecule has 0 saturated heterocycles. The molecule has 0 aliphatic heterocycles. The first-order valence-electron chi connectivity index (χ1n) is 14.9. The molecule has 3 nitrogen and oxygen atoms in total. The molecular weight excluding hydrogens is 444 g/mol. The van der Waals surface area contributed by atoms with Crippen LogP contribution in [0.1, 0.15) is 106 Å². The Hall–Kier alpha value is -1.09. The van der Waals surface area contributed by atoms with Crippen LogP contribution in [0.5, 0.6) is 0 Å². The molecule has 36 heavy (non-hydrogen) atoms. The van der Waals surface area contributed by atoms with E-state index in [2.05, 4.69) is 54.7 Å². The van der Waals surface area contributed by atoms with Gasteiger partial charge < -0.3 is 9.84 Å². The van der Waals surface area contributed by atoms with E-state index in [1.807, 2.05) is 0 Å². The van der Waals surface area contributed by atoms with E-state index in [1.54, 1.807) is 6.08 Å². The quantitative estimate of drug-likeness (QED) is 0.320. The van der Waals surface area contributed by atoms with Gasteiger partial charge >= 0.3 is 5.97 Å². The summed E-state index contributed by atoms with van der Waals surface area (Å²) in [6, 6.07) is 0. The van der Waals surface area contributed by atoms with Crippen LogP contribution in [0, 0.1) is 56.7 Å². The van der Waals surface area contributed by atoms with Crippen LogP contribution in [-0.2, 0) is 9.53 Å². The van der Waals surface area contributed by atoms with Gasteiger partial charge in [-0.15, -0.1) is 0 Å². The summed E-state index contributed by atoms with van der Waals surface area (Å²) in [5.41, 5.74) is 1.66. The van der Waals surface area contributed by atoms with Crippen molar-refractivity contribution in [1.82, 2.24) is 0 Å². The van der Waals surface area contributed by atoms with E-state index >= 15 is 0 Å². The van der Waals surface area contributed by atoms with Crippen LogP contribution in [0.2, 0.25) is 0 Å². The number of allylic oxidation sites excluding steroid dienone is 1. The van der Waals surface area contributed by atoms with E-state index in [0.717, 1.165) is 38.5 Å². The monoisotopic (exact) mass is 496 g/mol. The van der Waals surface area contributed by atoms with E-state index in [-0.39, 0.29) is 39.1 Å². The summed E-state index contributed by atoms with van der Waals surface area (Å²) in [4.78, 5) is 13.7. The largest absolute Gasteiger partial charge is 0.461 e. The van der Waals surface area contributed by atoms with Gasteiger partial charge in [-0.25, -0.2) is 0 Å². The van der Waals surface area contributed by atoms with Gasteiger partial charge in [0.2, 0.25) is 0 Å². The van der Waals surface area contributed by atoms with Crippen LogP contribution in [0.15, 0.2) is 24.8 Å². The number of hydrogen-bond donors (Lipinski definition) is 1. The zero-order valence-corrected chi connectivity index (χ0v) is 24.0. The fraction of sp³-hybridized carbons (Fsp3) is 0.848. The van der Waals surface area contributed by atoms with Crippen molar-refractivity contribution in [1.29, 1.82) is 0 Å². The van der Waals surface area contributed by atoms with Gasteiger partial charge in [-0.3, -0.25) is 4.79 Å². The van der Waals surface area contributed by atoms with Crippen LogP contribution in [0.25, 0.3) is 0 Å². The molecule has 0 spiro atoms. The average molecular weight is 497 g/mol. The molecule has 3 heteroatoms. The van der Waals surface area contributed by atoms with Gasteiger partial charge in [0.05, 0.1) is 11.5 Å². The molecule has 0 aromatic rings. The SMILES string of the molecule is C=CCOC(=O)C12CCC(C(=C)C)C1C1CCC3C4(C)CCC(O)C(C)(C)C4CCC3(C)C1(C)CC2. The minimum absolute atomic E-state index is 0.0147. The Morgan fingerprint density at radius 3 is 2.31 bits per heavy atom. The first kappa shape index (κ1) is 26.5. The summed E-state index contributed by atoms with van der Waals surface area (Å²) < 4.78 is 5.82. The molecule has 0 aromatic heterocycles. The third-order valence-corrected chi connectivity index (χ3v) is 13.8. The minimum atomic E-state index is -0.349. The number of fused-ring (bicyclic) bond motifs is 7. The van der Waals surface area contributed by atoms with Crippen molar-refractivity contribution in [2.45, 2.75) is 112 Å². The Bertz CT molecular complexity index is 935. The van der Waals surface area contributed by atoms with Gasteiger partial charge in [-0.1, -0.05) is 59.4 Å². The van der Waals surface area contributed by atoms with Crippen LogP contribution in [0.4, 0.5) is 0 Å². The molecule has 10 atom stereocenters. The molecule has 5 aliphatic rings. The van der Waals surface area contributed by atoms with Crippen molar-refractivity contribution in [2.75, 3.05) is 6.61 Å². The zero-order valence-electron chi connectivity index (χ0n) is 24.0. The second-order valence-corrected chi connectivity index (χ2v) is 15.1. The maximum atomic E-state index is 13.7. The smallest absolute Gasteiger partial charge is 0.312 e. The lowest BCUT2D eigenvalue weighted by Crippen LogP contribution is -2.67. The number of carbonyl (C=O) groups excluding carboxylic acids is 1. The second-order valence-electron chi connectivity index (χ2n) is 15.1. The van der Waals surface area contributed by atoms with E-state index in [1.165, 1.54) is 31.3 Å². The number of ether oxygens (including phenoxy) is 1. The summed E-state index contributed by atoms with van der Waals surface area (Å²) in [7, 11) is 0. The summed E-state index contributed by atoms with van der Waals surface area (Å²) in [6.45, 7) is 23.2. The molecular formula is C33H52O3. The molecule has 5 aliphatic carbocycles. The maximum Gasteiger partial charge on any atom is 0.312 e. The predicted octanol–water partition coefficient (Wildman–Crippen LogP) is 7.73. The Morgan fingerprint density at radius 2 is 1.64 bits per heavy atom. The molecule has 0 heterocycles. The summed E-state index contributed by atoms with van der Waals surface area (Å²) in [5, 5.41) is 11.0. The Kier molecular flexibility index (Phi) is 6.23. The van der Waals surface area contributed by atoms with Crippen LogP contribution in [-0.4, -0.2) is 23.8 Å². The van der Waals surface area contributed by atoms with Crippen molar-refractivity contribution in [2.24, 2.45) is 56.7 Å². The maximum absolute atomic E-state index is 13.7. The molecule has 0 radical (unpaired) electrons. The number of carbonyl (C=O) groups is 1. The topological polar surface area (TPSA) is 46.5 Å². The fourth-order valence-corrected chi connectivity index (χ4v) is 11.8. The molecule has 202 valence electrons. The highest BCUT2D eigenvalue weighted by molar-refractivity contribution is 5.78. The van der Waals surface area contributed by atoms with Crippen molar-refractivity contribution < 1.29 is 14.6 Å². The van der Waals surface area contributed by atoms with Crippen molar-refractivity contribution >= 4 is 5.97 Å². The molecule has 5 fully saturated rings. The van der Waals surface area contributed by atoms with Crippen molar-refractivity contribution in [3.8, 4) is 0 Å². The van der Waals surface area contributed by atoms with Gasteiger partial charge in [0, 0.05) is 0 Å². The highest BCUT2D eigenvalue weighted by atomic mass is 16.5. The van der Waals surface area contributed by atoms with E-state index in [4.69, 9.17) is 4.74 Å². The minimum Gasteiger partial charge on any atom is -0.461 e. The van der Waals surface area contributed by atoms with Crippen LogP contribution >= 0.6 is 0 Å². The van der Waals surface area contributed by atoms with Crippen LogP contribution in [0.3, 0.4) is 0 Å². The van der Waals surface area contributed by atoms with Gasteiger partial charge in [-0.05, 0) is 122 Å². The fourth-order valence-electron chi connectivity index (χ4n) is 11.8. The lowest BCUT2D eigenvalue weighted by atomic mass is 9.32. The lowest BCUT2D eigenvalue weighted by Gasteiger charge is -2.72. The highest BCUT2D eigenvalue weighted by Gasteiger charge is 2.72. The number of rotatable bonds is 4. The molecule has 0 amide bonds.